The molecule has 1 aliphatic rings. The summed E-state index contributed by atoms with van der Waals surface area (Å²) < 4.78 is 5.31. The minimum absolute atomic E-state index is 0.0510. The van der Waals surface area contributed by atoms with Crippen LogP contribution in [-0.2, 0) is 19.5 Å². The summed E-state index contributed by atoms with van der Waals surface area (Å²) in [7, 11) is 5.12. The lowest BCUT2D eigenvalue weighted by molar-refractivity contribution is 0.0820. The number of aromatic nitrogens is 3. The first kappa shape index (κ1) is 15.5. The summed E-state index contributed by atoms with van der Waals surface area (Å²) in [5.74, 6) is 0.608. The third kappa shape index (κ3) is 3.05. The van der Waals surface area contributed by atoms with Crippen LogP contribution in [0.3, 0.4) is 0 Å². The molecule has 0 radical (unpaired) electrons. The summed E-state index contributed by atoms with van der Waals surface area (Å²) in [5, 5.41) is 7.23. The van der Waals surface area contributed by atoms with Crippen molar-refractivity contribution in [1.29, 1.82) is 0 Å². The first-order valence-corrected chi connectivity index (χ1v) is 7.58. The number of aromatic amines is 1. The van der Waals surface area contributed by atoms with E-state index >= 15 is 0 Å². The molecule has 7 heteroatoms. The molecule has 0 atom stereocenters. The number of hydrogen-bond acceptors (Lipinski definition) is 5. The van der Waals surface area contributed by atoms with Gasteiger partial charge in [0.1, 0.15) is 0 Å². The third-order valence-corrected chi connectivity index (χ3v) is 4.06. The van der Waals surface area contributed by atoms with Gasteiger partial charge in [0, 0.05) is 51.1 Å². The van der Waals surface area contributed by atoms with Crippen LogP contribution >= 0.6 is 0 Å². The van der Waals surface area contributed by atoms with Gasteiger partial charge in [-0.3, -0.25) is 14.8 Å². The summed E-state index contributed by atoms with van der Waals surface area (Å²) in [6.45, 7) is 2.37. The van der Waals surface area contributed by atoms with Crippen molar-refractivity contribution >= 4 is 5.91 Å². The number of H-pyrrole nitrogens is 1. The van der Waals surface area contributed by atoms with Crippen LogP contribution in [0.25, 0.3) is 0 Å². The molecular weight excluding hydrogens is 294 g/mol. The van der Waals surface area contributed by atoms with Crippen LogP contribution in [0, 0.1) is 0 Å². The van der Waals surface area contributed by atoms with Crippen LogP contribution in [-0.4, -0.2) is 58.6 Å². The summed E-state index contributed by atoms with van der Waals surface area (Å²) in [6, 6.07) is 3.94. The molecule has 1 N–H and O–H groups in total. The van der Waals surface area contributed by atoms with Crippen molar-refractivity contribution in [1.82, 2.24) is 25.0 Å². The smallest absolute Gasteiger partial charge is 0.274 e. The average molecular weight is 315 g/mol. The molecule has 2 aromatic heterocycles. The van der Waals surface area contributed by atoms with E-state index in [0.29, 0.717) is 11.6 Å². The van der Waals surface area contributed by atoms with Crippen molar-refractivity contribution < 1.29 is 9.53 Å². The Morgan fingerprint density at radius 2 is 2.30 bits per heavy atom. The number of amides is 1. The first-order chi connectivity index (χ1) is 11.1. The maximum atomic E-state index is 12.1. The molecule has 1 aliphatic heterocycles. The van der Waals surface area contributed by atoms with Gasteiger partial charge in [0.25, 0.3) is 5.91 Å². The maximum absolute atomic E-state index is 12.1. The predicted molar refractivity (Wildman–Crippen MR) is 85.2 cm³/mol. The van der Waals surface area contributed by atoms with Crippen LogP contribution in [0.5, 0.6) is 5.88 Å². The molecule has 122 valence electrons. The second-order valence-electron chi connectivity index (χ2n) is 5.86. The Kier molecular flexibility index (Phi) is 4.29. The van der Waals surface area contributed by atoms with E-state index in [-0.39, 0.29) is 5.91 Å². The number of methoxy groups -OCH3 is 1. The zero-order valence-electron chi connectivity index (χ0n) is 13.7. The van der Waals surface area contributed by atoms with E-state index in [9.17, 15) is 4.79 Å². The Hall–Kier alpha value is -2.41. The second-order valence-corrected chi connectivity index (χ2v) is 5.86. The number of carbonyl (C=O) groups excluding carboxylic acids is 1. The van der Waals surface area contributed by atoms with Gasteiger partial charge in [-0.05, 0) is 12.5 Å². The Bertz CT molecular complexity index is 710. The second kappa shape index (κ2) is 6.37. The lowest BCUT2D eigenvalue weighted by atomic mass is 10.0. The van der Waals surface area contributed by atoms with E-state index in [0.717, 1.165) is 42.9 Å². The topological polar surface area (TPSA) is 74.3 Å². The quantitative estimate of drug-likeness (QED) is 0.913. The van der Waals surface area contributed by atoms with Gasteiger partial charge in [-0.25, -0.2) is 4.98 Å². The van der Waals surface area contributed by atoms with Crippen LogP contribution < -0.4 is 4.74 Å². The number of fused-ring (bicyclic) bond motifs is 1. The Morgan fingerprint density at radius 1 is 1.48 bits per heavy atom. The molecule has 0 bridgehead atoms. The molecule has 3 heterocycles. The van der Waals surface area contributed by atoms with Crippen molar-refractivity contribution in [2.45, 2.75) is 19.5 Å². The van der Waals surface area contributed by atoms with Crippen LogP contribution in [0.2, 0.25) is 0 Å². The van der Waals surface area contributed by atoms with Crippen molar-refractivity contribution in [3.05, 3.63) is 40.8 Å². The molecule has 0 aromatic carbocycles. The molecule has 0 saturated carbocycles. The Balaban J connectivity index is 1.75. The first-order valence-electron chi connectivity index (χ1n) is 7.58. The predicted octanol–water partition coefficient (Wildman–Crippen LogP) is 1.07. The van der Waals surface area contributed by atoms with Gasteiger partial charge in [-0.2, -0.15) is 5.10 Å². The zero-order chi connectivity index (χ0) is 16.4. The highest BCUT2D eigenvalue weighted by atomic mass is 16.5. The lowest BCUT2D eigenvalue weighted by Gasteiger charge is -2.27. The highest BCUT2D eigenvalue weighted by Crippen LogP contribution is 2.24. The minimum Gasteiger partial charge on any atom is -0.481 e. The molecule has 1 amide bonds. The summed E-state index contributed by atoms with van der Waals surface area (Å²) in [4.78, 5) is 20.2. The van der Waals surface area contributed by atoms with Gasteiger partial charge in [-0.1, -0.05) is 6.07 Å². The number of rotatable bonds is 4. The van der Waals surface area contributed by atoms with Gasteiger partial charge in [-0.15, -0.1) is 0 Å². The molecular formula is C16H21N5O2. The monoisotopic (exact) mass is 315 g/mol. The van der Waals surface area contributed by atoms with E-state index < -0.39 is 0 Å². The van der Waals surface area contributed by atoms with Crippen molar-refractivity contribution in [3.8, 4) is 5.88 Å². The molecule has 3 rings (SSSR count). The van der Waals surface area contributed by atoms with Gasteiger partial charge in [0.05, 0.1) is 12.8 Å². The fourth-order valence-corrected chi connectivity index (χ4v) is 2.87. The van der Waals surface area contributed by atoms with Gasteiger partial charge in [0.15, 0.2) is 5.69 Å². The number of carbonyl (C=O) groups is 1. The number of pyridine rings is 1. The minimum atomic E-state index is -0.0510. The Morgan fingerprint density at radius 3 is 3.04 bits per heavy atom. The van der Waals surface area contributed by atoms with E-state index in [1.54, 1.807) is 32.3 Å². The molecule has 0 fully saturated rings. The van der Waals surface area contributed by atoms with E-state index in [4.69, 9.17) is 4.74 Å². The van der Waals surface area contributed by atoms with Crippen molar-refractivity contribution in [2.24, 2.45) is 0 Å². The maximum Gasteiger partial charge on any atom is 0.274 e. The van der Waals surface area contributed by atoms with Gasteiger partial charge >= 0.3 is 0 Å². The molecule has 0 spiro atoms. The molecule has 0 aliphatic carbocycles. The van der Waals surface area contributed by atoms with Gasteiger partial charge < -0.3 is 9.64 Å². The zero-order valence-corrected chi connectivity index (χ0v) is 13.7. The Labute approximate surface area is 135 Å². The fourth-order valence-electron chi connectivity index (χ4n) is 2.87. The fraction of sp³-hybridized carbons (Fsp3) is 0.438. The summed E-state index contributed by atoms with van der Waals surface area (Å²) in [5.41, 5.74) is 3.66. The van der Waals surface area contributed by atoms with Crippen LogP contribution in [0.4, 0.5) is 0 Å². The van der Waals surface area contributed by atoms with E-state index in [1.165, 1.54) is 0 Å². The van der Waals surface area contributed by atoms with Crippen molar-refractivity contribution in [2.75, 3.05) is 27.7 Å². The number of nitrogens with one attached hydrogen (secondary N) is 1. The van der Waals surface area contributed by atoms with Crippen LogP contribution in [0.15, 0.2) is 18.3 Å². The number of nitrogens with zero attached hydrogens (tertiary/aromatic N) is 4. The summed E-state index contributed by atoms with van der Waals surface area (Å²) in [6.07, 6.45) is 2.54. The largest absolute Gasteiger partial charge is 0.481 e. The third-order valence-electron chi connectivity index (χ3n) is 4.06. The average Bonchev–Trinajstić information content (AvgIpc) is 2.97. The van der Waals surface area contributed by atoms with E-state index in [2.05, 4.69) is 20.1 Å². The normalized spacial score (nSPS) is 14.4. The molecule has 0 saturated heterocycles. The van der Waals surface area contributed by atoms with Crippen LogP contribution in [0.1, 0.15) is 27.3 Å². The van der Waals surface area contributed by atoms with Gasteiger partial charge in [0.2, 0.25) is 5.88 Å². The van der Waals surface area contributed by atoms with Crippen molar-refractivity contribution in [3.63, 3.8) is 0 Å². The number of hydrogen-bond donors (Lipinski definition) is 1. The highest BCUT2D eigenvalue weighted by Gasteiger charge is 2.26. The highest BCUT2D eigenvalue weighted by molar-refractivity contribution is 5.93. The molecule has 2 aromatic rings. The van der Waals surface area contributed by atoms with E-state index in [1.807, 2.05) is 12.1 Å². The molecule has 23 heavy (non-hydrogen) atoms. The number of ether oxygens (including phenoxy) is 1. The lowest BCUT2D eigenvalue weighted by Crippen LogP contribution is -2.31. The SMILES string of the molecule is COc1ncccc1CN1CCc2c(C(=O)N(C)C)n[nH]c2C1. The molecule has 7 nitrogen and oxygen atoms in total. The summed E-state index contributed by atoms with van der Waals surface area (Å²) >= 11 is 0. The standard InChI is InChI=1S/C16H21N5O2/c1-20(2)16(22)14-12-6-8-21(10-13(12)18-19-14)9-11-5-4-7-17-15(11)23-3/h4-5,7H,6,8-10H2,1-3H3,(H,18,19). The molecule has 0 unspecified atom stereocenters.